The Morgan fingerprint density at radius 3 is 1.71 bits per heavy atom. The van der Waals surface area contributed by atoms with Crippen LogP contribution in [0.25, 0.3) is 0 Å². The van der Waals surface area contributed by atoms with Gasteiger partial charge in [0, 0.05) is 6.61 Å². The summed E-state index contributed by atoms with van der Waals surface area (Å²) in [7, 11) is 4.15. The van der Waals surface area contributed by atoms with Gasteiger partial charge in [-0.05, 0) is 39.9 Å². The Hall–Kier alpha value is -0.340. The van der Waals surface area contributed by atoms with Crippen LogP contribution in [0.2, 0.25) is 0 Å². The van der Waals surface area contributed by atoms with Crippen LogP contribution in [0, 0.1) is 0 Å². The molecule has 0 aliphatic heterocycles. The lowest BCUT2D eigenvalue weighted by Gasteiger charge is -2.37. The van der Waals surface area contributed by atoms with E-state index in [4.69, 9.17) is 4.74 Å². The monoisotopic (exact) mass is 297 g/mol. The summed E-state index contributed by atoms with van der Waals surface area (Å²) in [5, 5.41) is 0. The van der Waals surface area contributed by atoms with Gasteiger partial charge in [-0.15, -0.1) is 0 Å². The zero-order chi connectivity index (χ0) is 16.0. The SMILES string of the molecule is C=CC(CCCCCCCCCCCC)(OCC)N(C)C. The first-order chi connectivity index (χ1) is 10.1. The molecule has 2 heteroatoms. The van der Waals surface area contributed by atoms with Gasteiger partial charge >= 0.3 is 0 Å². The Morgan fingerprint density at radius 1 is 0.857 bits per heavy atom. The van der Waals surface area contributed by atoms with Gasteiger partial charge in [-0.25, -0.2) is 0 Å². The van der Waals surface area contributed by atoms with Crippen LogP contribution in [0.15, 0.2) is 12.7 Å². The summed E-state index contributed by atoms with van der Waals surface area (Å²) in [6, 6.07) is 0. The molecule has 0 aromatic rings. The molecule has 126 valence electrons. The maximum Gasteiger partial charge on any atom is 0.140 e. The van der Waals surface area contributed by atoms with Crippen LogP contribution in [0.4, 0.5) is 0 Å². The van der Waals surface area contributed by atoms with Crippen LogP contribution in [-0.4, -0.2) is 31.3 Å². The largest absolute Gasteiger partial charge is 0.357 e. The fourth-order valence-electron chi connectivity index (χ4n) is 2.88. The molecule has 1 unspecified atom stereocenters. The van der Waals surface area contributed by atoms with Gasteiger partial charge in [-0.2, -0.15) is 0 Å². The third-order valence-electron chi connectivity index (χ3n) is 4.36. The first-order valence-corrected chi connectivity index (χ1v) is 9.08. The van der Waals surface area contributed by atoms with Crippen LogP contribution in [0.1, 0.15) is 84.5 Å². The zero-order valence-corrected chi connectivity index (χ0v) is 15.1. The maximum atomic E-state index is 5.93. The van der Waals surface area contributed by atoms with E-state index >= 15 is 0 Å². The lowest BCUT2D eigenvalue weighted by Crippen LogP contribution is -2.44. The Bertz CT molecular complexity index is 240. The number of hydrogen-bond acceptors (Lipinski definition) is 2. The van der Waals surface area contributed by atoms with Crippen molar-refractivity contribution in [1.29, 1.82) is 0 Å². The minimum Gasteiger partial charge on any atom is -0.357 e. The second-order valence-electron chi connectivity index (χ2n) is 6.31. The molecule has 0 fully saturated rings. The number of unbranched alkanes of at least 4 members (excludes halogenated alkanes) is 9. The zero-order valence-electron chi connectivity index (χ0n) is 15.1. The van der Waals surface area contributed by atoms with Crippen molar-refractivity contribution >= 4 is 0 Å². The minimum absolute atomic E-state index is 0.269. The maximum absolute atomic E-state index is 5.93. The highest BCUT2D eigenvalue weighted by molar-refractivity contribution is 4.95. The lowest BCUT2D eigenvalue weighted by molar-refractivity contribution is -0.103. The number of ether oxygens (including phenoxy) is 1. The molecule has 0 amide bonds. The standard InChI is InChI=1S/C19H39NO/c1-6-9-10-11-12-13-14-15-16-17-18-19(7-2,20(4)5)21-8-3/h7H,2,6,8-18H2,1,3-5H3. The molecule has 2 nitrogen and oxygen atoms in total. The summed E-state index contributed by atoms with van der Waals surface area (Å²) < 4.78 is 5.93. The third kappa shape index (κ3) is 9.31. The highest BCUT2D eigenvalue weighted by Gasteiger charge is 2.28. The van der Waals surface area contributed by atoms with Crippen molar-refractivity contribution in [3.63, 3.8) is 0 Å². The molecule has 0 N–H and O–H groups in total. The highest BCUT2D eigenvalue weighted by atomic mass is 16.5. The predicted octanol–water partition coefficient (Wildman–Crippen LogP) is 5.78. The molecule has 0 spiro atoms. The Kier molecular flexibility index (Phi) is 13.1. The van der Waals surface area contributed by atoms with Crippen LogP contribution in [0.3, 0.4) is 0 Å². The number of rotatable bonds is 15. The van der Waals surface area contributed by atoms with Crippen molar-refractivity contribution in [2.45, 2.75) is 90.2 Å². The molecule has 21 heavy (non-hydrogen) atoms. The molecular formula is C19H39NO. The Labute approximate surface area is 133 Å². The van der Waals surface area contributed by atoms with Crippen molar-refractivity contribution < 1.29 is 4.74 Å². The molecule has 1 atom stereocenters. The molecule has 0 aromatic carbocycles. The van der Waals surface area contributed by atoms with Crippen LogP contribution >= 0.6 is 0 Å². The fraction of sp³-hybridized carbons (Fsp3) is 0.895. The molecule has 0 radical (unpaired) electrons. The van der Waals surface area contributed by atoms with Gasteiger partial charge in [0.05, 0.1) is 0 Å². The highest BCUT2D eigenvalue weighted by Crippen LogP contribution is 2.24. The van der Waals surface area contributed by atoms with E-state index in [0.717, 1.165) is 13.0 Å². The topological polar surface area (TPSA) is 12.5 Å². The molecule has 0 saturated carbocycles. The molecule has 0 bridgehead atoms. The van der Waals surface area contributed by atoms with Gasteiger partial charge in [-0.3, -0.25) is 4.90 Å². The molecule has 0 aliphatic carbocycles. The average molecular weight is 298 g/mol. The van der Waals surface area contributed by atoms with Crippen molar-refractivity contribution in [2.75, 3.05) is 20.7 Å². The van der Waals surface area contributed by atoms with Crippen molar-refractivity contribution in [3.05, 3.63) is 12.7 Å². The van der Waals surface area contributed by atoms with E-state index in [-0.39, 0.29) is 5.72 Å². The van der Waals surface area contributed by atoms with Crippen LogP contribution < -0.4 is 0 Å². The summed E-state index contributed by atoms with van der Waals surface area (Å²) in [4.78, 5) is 2.15. The molecule has 0 aromatic heterocycles. The van der Waals surface area contributed by atoms with E-state index in [1.165, 1.54) is 64.2 Å². The van der Waals surface area contributed by atoms with Crippen molar-refractivity contribution in [2.24, 2.45) is 0 Å². The summed E-state index contributed by atoms with van der Waals surface area (Å²) in [6.07, 6.45) is 16.7. The van der Waals surface area contributed by atoms with E-state index in [0.29, 0.717) is 0 Å². The van der Waals surface area contributed by atoms with Gasteiger partial charge in [0.15, 0.2) is 0 Å². The molecule has 0 saturated heterocycles. The molecule has 0 heterocycles. The second kappa shape index (κ2) is 13.3. The van der Waals surface area contributed by atoms with E-state index < -0.39 is 0 Å². The van der Waals surface area contributed by atoms with Gasteiger partial charge in [0.25, 0.3) is 0 Å². The predicted molar refractivity (Wildman–Crippen MR) is 94.7 cm³/mol. The van der Waals surface area contributed by atoms with Gasteiger partial charge < -0.3 is 4.74 Å². The first-order valence-electron chi connectivity index (χ1n) is 9.08. The van der Waals surface area contributed by atoms with E-state index in [1.54, 1.807) is 0 Å². The molecule has 0 rings (SSSR count). The van der Waals surface area contributed by atoms with E-state index in [2.05, 4.69) is 39.4 Å². The normalized spacial score (nSPS) is 14.3. The summed E-state index contributed by atoms with van der Waals surface area (Å²) in [5.41, 5.74) is -0.269. The quantitative estimate of drug-likeness (QED) is 0.216. The van der Waals surface area contributed by atoms with Crippen LogP contribution in [0.5, 0.6) is 0 Å². The average Bonchev–Trinajstić information content (AvgIpc) is 2.47. The van der Waals surface area contributed by atoms with Crippen molar-refractivity contribution in [1.82, 2.24) is 4.90 Å². The smallest absolute Gasteiger partial charge is 0.140 e. The molecular weight excluding hydrogens is 258 g/mol. The summed E-state index contributed by atoms with van der Waals surface area (Å²) in [5.74, 6) is 0. The summed E-state index contributed by atoms with van der Waals surface area (Å²) >= 11 is 0. The lowest BCUT2D eigenvalue weighted by atomic mass is 10.0. The minimum atomic E-state index is -0.269. The fourth-order valence-corrected chi connectivity index (χ4v) is 2.88. The van der Waals surface area contributed by atoms with Crippen LogP contribution in [-0.2, 0) is 4.74 Å². The number of hydrogen-bond donors (Lipinski definition) is 0. The Balaban J connectivity index is 3.65. The number of likely N-dealkylation sites (N-methyl/N-ethyl adjacent to an activating group) is 1. The van der Waals surface area contributed by atoms with E-state index in [1.807, 2.05) is 6.08 Å². The number of nitrogens with zero attached hydrogens (tertiary/aromatic N) is 1. The third-order valence-corrected chi connectivity index (χ3v) is 4.36. The van der Waals surface area contributed by atoms with Gasteiger partial charge in [0.2, 0.25) is 0 Å². The first kappa shape index (κ1) is 20.7. The van der Waals surface area contributed by atoms with Gasteiger partial charge in [-0.1, -0.05) is 71.3 Å². The summed E-state index contributed by atoms with van der Waals surface area (Å²) in [6.45, 7) is 9.04. The van der Waals surface area contributed by atoms with Gasteiger partial charge in [0.1, 0.15) is 5.72 Å². The van der Waals surface area contributed by atoms with E-state index in [9.17, 15) is 0 Å². The molecule has 0 aliphatic rings. The second-order valence-corrected chi connectivity index (χ2v) is 6.31. The Morgan fingerprint density at radius 2 is 1.33 bits per heavy atom. The van der Waals surface area contributed by atoms with Crippen molar-refractivity contribution in [3.8, 4) is 0 Å².